The molecule has 10 nitrogen and oxygen atoms in total. The molecule has 2 heterocycles. The summed E-state index contributed by atoms with van der Waals surface area (Å²) in [5.41, 5.74) is 0.277. The highest BCUT2D eigenvalue weighted by molar-refractivity contribution is 6.35. The Morgan fingerprint density at radius 3 is 2.68 bits per heavy atom. The molecule has 0 saturated carbocycles. The molecule has 0 unspecified atom stereocenters. The van der Waals surface area contributed by atoms with Crippen molar-refractivity contribution < 1.29 is 19.0 Å². The van der Waals surface area contributed by atoms with E-state index in [-0.39, 0.29) is 40.1 Å². The van der Waals surface area contributed by atoms with E-state index < -0.39 is 10.8 Å². The van der Waals surface area contributed by atoms with Gasteiger partial charge in [-0.15, -0.1) is 0 Å². The van der Waals surface area contributed by atoms with Crippen molar-refractivity contribution in [2.24, 2.45) is 0 Å². The van der Waals surface area contributed by atoms with Crippen molar-refractivity contribution in [1.82, 2.24) is 14.9 Å². The van der Waals surface area contributed by atoms with Gasteiger partial charge in [0.1, 0.15) is 17.3 Å². The number of aromatic nitrogens is 3. The van der Waals surface area contributed by atoms with E-state index in [1.54, 1.807) is 19.2 Å². The second-order valence-corrected chi connectivity index (χ2v) is 8.31. The number of nitrogens with one attached hydrogen (secondary N) is 1. The molecule has 0 spiro atoms. The van der Waals surface area contributed by atoms with E-state index in [1.807, 2.05) is 0 Å². The summed E-state index contributed by atoms with van der Waals surface area (Å²) < 4.78 is 12.4. The van der Waals surface area contributed by atoms with Gasteiger partial charge in [-0.2, -0.15) is 5.10 Å². The maximum atomic E-state index is 13.0. The Labute approximate surface area is 207 Å². The van der Waals surface area contributed by atoms with E-state index in [9.17, 15) is 14.9 Å². The highest BCUT2D eigenvalue weighted by atomic mass is 35.5. The summed E-state index contributed by atoms with van der Waals surface area (Å²) in [5.74, 6) is 0.0888. The second-order valence-electron chi connectivity index (χ2n) is 7.03. The Morgan fingerprint density at radius 2 is 2.00 bits per heavy atom. The molecular weight excluding hydrogens is 509 g/mol. The third kappa shape index (κ3) is 5.30. The molecule has 0 aliphatic rings. The molecule has 4 aromatic rings. The van der Waals surface area contributed by atoms with Crippen LogP contribution in [0.1, 0.15) is 21.8 Å². The van der Waals surface area contributed by atoms with E-state index in [2.05, 4.69) is 15.6 Å². The van der Waals surface area contributed by atoms with Crippen LogP contribution in [0.3, 0.4) is 0 Å². The second kappa shape index (κ2) is 9.72. The third-order valence-corrected chi connectivity index (χ3v) is 5.33. The van der Waals surface area contributed by atoms with Crippen LogP contribution in [0.2, 0.25) is 15.1 Å². The lowest BCUT2D eigenvalue weighted by molar-refractivity contribution is -0.384. The van der Waals surface area contributed by atoms with Crippen LogP contribution < -0.4 is 10.1 Å². The number of carbonyl (C=O) groups is 1. The number of nitro groups is 1. The summed E-state index contributed by atoms with van der Waals surface area (Å²) in [6.07, 6.45) is 3.05. The number of nitrogens with zero attached hydrogens (tertiary/aromatic N) is 4. The molecule has 4 rings (SSSR count). The molecule has 0 bridgehead atoms. The molecule has 0 fully saturated rings. The zero-order valence-electron chi connectivity index (χ0n) is 17.3. The highest BCUT2D eigenvalue weighted by Crippen LogP contribution is 2.34. The third-order valence-electron chi connectivity index (χ3n) is 4.60. The lowest BCUT2D eigenvalue weighted by atomic mass is 10.1. The molecule has 2 aromatic carbocycles. The molecule has 34 heavy (non-hydrogen) atoms. The van der Waals surface area contributed by atoms with E-state index >= 15 is 0 Å². The fourth-order valence-electron chi connectivity index (χ4n) is 3.04. The van der Waals surface area contributed by atoms with Gasteiger partial charge in [0, 0.05) is 28.9 Å². The first-order valence-electron chi connectivity index (χ1n) is 9.56. The number of non-ortho nitro benzene ring substituents is 1. The zero-order chi connectivity index (χ0) is 24.4. The monoisotopic (exact) mass is 521 g/mol. The van der Waals surface area contributed by atoms with Gasteiger partial charge in [0.05, 0.1) is 39.5 Å². The number of ether oxygens (including phenoxy) is 1. The number of hydrogen-bond donors (Lipinski definition) is 1. The van der Waals surface area contributed by atoms with Crippen LogP contribution >= 0.6 is 34.8 Å². The van der Waals surface area contributed by atoms with Gasteiger partial charge in [0.15, 0.2) is 5.69 Å². The first-order chi connectivity index (χ1) is 16.2. The molecule has 1 amide bonds. The lowest BCUT2D eigenvalue weighted by Crippen LogP contribution is -2.16. The quantitative estimate of drug-likeness (QED) is 0.228. The minimum Gasteiger partial charge on any atom is -0.455 e. The smallest absolute Gasteiger partial charge is 0.278 e. The Balaban J connectivity index is 1.61. The Morgan fingerprint density at radius 1 is 1.21 bits per heavy atom. The van der Waals surface area contributed by atoms with Crippen molar-refractivity contribution in [2.75, 3.05) is 5.32 Å². The maximum Gasteiger partial charge on any atom is 0.278 e. The Kier molecular flexibility index (Phi) is 6.73. The number of nitro benzene ring substituents is 1. The van der Waals surface area contributed by atoms with Gasteiger partial charge >= 0.3 is 0 Å². The van der Waals surface area contributed by atoms with Crippen molar-refractivity contribution in [3.8, 4) is 11.5 Å². The minimum absolute atomic E-state index is 0.00107. The van der Waals surface area contributed by atoms with E-state index in [0.29, 0.717) is 21.4 Å². The SMILES string of the molecule is Cc1onc(C(=O)Nc2cc(Oc3ccc(Cl)cc3Cl)cc([N+](=O)[O-])c2)c1Cn1cc(Cl)cn1. The molecule has 174 valence electrons. The normalized spacial score (nSPS) is 10.8. The van der Waals surface area contributed by atoms with Crippen LogP contribution in [0.5, 0.6) is 11.5 Å². The molecule has 0 saturated heterocycles. The van der Waals surface area contributed by atoms with Crippen molar-refractivity contribution >= 4 is 52.1 Å². The van der Waals surface area contributed by atoms with Crippen molar-refractivity contribution in [3.05, 3.63) is 91.0 Å². The predicted octanol–water partition coefficient (Wildman–Crippen LogP) is 6.14. The summed E-state index contributed by atoms with van der Waals surface area (Å²) >= 11 is 17.9. The number of amides is 1. The van der Waals surface area contributed by atoms with Crippen molar-refractivity contribution in [3.63, 3.8) is 0 Å². The van der Waals surface area contributed by atoms with Gasteiger partial charge in [-0.3, -0.25) is 19.6 Å². The number of carbonyl (C=O) groups excluding carboxylic acids is 1. The van der Waals surface area contributed by atoms with Gasteiger partial charge < -0.3 is 14.6 Å². The standard InChI is InChI=1S/C21H14Cl3N5O5/c1-11-17(10-28-9-13(23)8-25-28)20(27-34-11)21(30)26-14-5-15(29(31)32)7-16(6-14)33-19-3-2-12(22)4-18(19)24/h2-9H,10H2,1H3,(H,26,30). The molecule has 0 radical (unpaired) electrons. The number of halogens is 3. The summed E-state index contributed by atoms with van der Waals surface area (Å²) in [6, 6.07) is 8.36. The van der Waals surface area contributed by atoms with Gasteiger partial charge in [0.25, 0.3) is 11.6 Å². The van der Waals surface area contributed by atoms with Crippen molar-refractivity contribution in [2.45, 2.75) is 13.5 Å². The lowest BCUT2D eigenvalue weighted by Gasteiger charge is -2.10. The molecule has 0 aliphatic heterocycles. The zero-order valence-corrected chi connectivity index (χ0v) is 19.6. The average Bonchev–Trinajstić information content (AvgIpc) is 3.35. The van der Waals surface area contributed by atoms with Crippen molar-refractivity contribution in [1.29, 1.82) is 0 Å². The molecule has 13 heteroatoms. The summed E-state index contributed by atoms with van der Waals surface area (Å²) in [7, 11) is 0. The number of benzene rings is 2. The number of aryl methyl sites for hydroxylation is 1. The Bertz CT molecular complexity index is 1400. The fourth-order valence-corrected chi connectivity index (χ4v) is 3.64. The van der Waals surface area contributed by atoms with Gasteiger partial charge in [0.2, 0.25) is 0 Å². The molecule has 1 N–H and O–H groups in total. The van der Waals surface area contributed by atoms with Crippen LogP contribution in [0.25, 0.3) is 0 Å². The highest BCUT2D eigenvalue weighted by Gasteiger charge is 2.22. The first-order valence-corrected chi connectivity index (χ1v) is 10.7. The number of anilines is 1. The van der Waals surface area contributed by atoms with E-state index in [0.717, 1.165) is 0 Å². The largest absolute Gasteiger partial charge is 0.455 e. The maximum absolute atomic E-state index is 13.0. The van der Waals surface area contributed by atoms with E-state index in [4.69, 9.17) is 44.1 Å². The van der Waals surface area contributed by atoms with Crippen LogP contribution in [-0.4, -0.2) is 25.8 Å². The van der Waals surface area contributed by atoms with Crippen LogP contribution in [-0.2, 0) is 6.54 Å². The fraction of sp³-hybridized carbons (Fsp3) is 0.0952. The molecular formula is C21H14Cl3N5O5. The summed E-state index contributed by atoms with van der Waals surface area (Å²) in [4.78, 5) is 23.8. The Hall–Kier alpha value is -3.60. The van der Waals surface area contributed by atoms with Crippen LogP contribution in [0.15, 0.2) is 53.3 Å². The molecule has 0 aliphatic carbocycles. The summed E-state index contributed by atoms with van der Waals surface area (Å²) in [5, 5.41) is 23.0. The van der Waals surface area contributed by atoms with E-state index in [1.165, 1.54) is 41.2 Å². The van der Waals surface area contributed by atoms with Gasteiger partial charge in [-0.25, -0.2) is 0 Å². The molecule has 0 atom stereocenters. The minimum atomic E-state index is -0.638. The van der Waals surface area contributed by atoms with Crippen LogP contribution in [0, 0.1) is 17.0 Å². The average molecular weight is 523 g/mol. The molecule has 2 aromatic heterocycles. The summed E-state index contributed by atoms with van der Waals surface area (Å²) in [6.45, 7) is 1.84. The van der Waals surface area contributed by atoms with Gasteiger partial charge in [-0.1, -0.05) is 40.0 Å². The van der Waals surface area contributed by atoms with Gasteiger partial charge in [-0.05, 0) is 25.1 Å². The number of rotatable bonds is 7. The topological polar surface area (TPSA) is 125 Å². The first kappa shape index (κ1) is 23.6. The van der Waals surface area contributed by atoms with Crippen LogP contribution in [0.4, 0.5) is 11.4 Å². The number of hydrogen-bond acceptors (Lipinski definition) is 7. The predicted molar refractivity (Wildman–Crippen MR) is 125 cm³/mol.